The van der Waals surface area contributed by atoms with Gasteiger partial charge in [-0.25, -0.2) is 9.37 Å². The molecule has 1 N–H and O–H groups in total. The number of hydrogen-bond acceptors (Lipinski definition) is 3. The first-order valence-corrected chi connectivity index (χ1v) is 6.15. The van der Waals surface area contributed by atoms with E-state index in [9.17, 15) is 9.18 Å². The van der Waals surface area contributed by atoms with Crippen LogP contribution in [-0.4, -0.2) is 32.0 Å². The minimum absolute atomic E-state index is 0.190. The number of amides is 1. The molecule has 19 heavy (non-hydrogen) atoms. The van der Waals surface area contributed by atoms with E-state index in [0.29, 0.717) is 6.54 Å². The number of nitrogens with one attached hydrogen (secondary N) is 1. The van der Waals surface area contributed by atoms with E-state index < -0.39 is 0 Å². The van der Waals surface area contributed by atoms with Crippen LogP contribution in [0.25, 0.3) is 0 Å². The quantitative estimate of drug-likeness (QED) is 0.911. The molecule has 1 amide bonds. The lowest BCUT2D eigenvalue weighted by atomic mass is 10.2. The molecule has 1 aliphatic rings. The van der Waals surface area contributed by atoms with E-state index in [1.54, 1.807) is 11.0 Å². The predicted octanol–water partition coefficient (Wildman–Crippen LogP) is 1.75. The van der Waals surface area contributed by atoms with Crippen molar-refractivity contribution in [2.45, 2.75) is 25.4 Å². The zero-order chi connectivity index (χ0) is 13.2. The van der Waals surface area contributed by atoms with Gasteiger partial charge in [-0.1, -0.05) is 12.1 Å². The van der Waals surface area contributed by atoms with Crippen molar-refractivity contribution < 1.29 is 9.18 Å². The molecule has 0 saturated heterocycles. The van der Waals surface area contributed by atoms with Gasteiger partial charge < -0.3 is 4.90 Å². The molecule has 1 aliphatic carbocycles. The SMILES string of the molecule is O=C(c1ncn[nH]1)N(Cc1cccc(F)c1)C1CC1. The highest BCUT2D eigenvalue weighted by atomic mass is 19.1. The zero-order valence-electron chi connectivity index (χ0n) is 10.2. The minimum atomic E-state index is -0.291. The van der Waals surface area contributed by atoms with Gasteiger partial charge in [-0.2, -0.15) is 5.10 Å². The van der Waals surface area contributed by atoms with Crippen LogP contribution in [0.2, 0.25) is 0 Å². The van der Waals surface area contributed by atoms with Gasteiger partial charge >= 0.3 is 0 Å². The van der Waals surface area contributed by atoms with Crippen molar-refractivity contribution in [1.29, 1.82) is 0 Å². The van der Waals surface area contributed by atoms with Gasteiger partial charge in [0.15, 0.2) is 0 Å². The van der Waals surface area contributed by atoms with E-state index in [-0.39, 0.29) is 23.6 Å². The molecule has 1 heterocycles. The Bertz CT molecular complexity index is 580. The monoisotopic (exact) mass is 260 g/mol. The fourth-order valence-corrected chi connectivity index (χ4v) is 2.03. The van der Waals surface area contributed by atoms with Crippen molar-refractivity contribution >= 4 is 5.91 Å². The van der Waals surface area contributed by atoms with Crippen molar-refractivity contribution in [1.82, 2.24) is 20.1 Å². The summed E-state index contributed by atoms with van der Waals surface area (Å²) in [5, 5.41) is 6.25. The Morgan fingerprint density at radius 3 is 2.95 bits per heavy atom. The summed E-state index contributed by atoms with van der Waals surface area (Å²) in [6, 6.07) is 6.52. The molecule has 0 radical (unpaired) electrons. The smallest absolute Gasteiger partial charge is 0.291 e. The summed E-state index contributed by atoms with van der Waals surface area (Å²) in [4.78, 5) is 17.9. The van der Waals surface area contributed by atoms with Crippen LogP contribution in [0.3, 0.4) is 0 Å². The Balaban J connectivity index is 1.80. The van der Waals surface area contributed by atoms with E-state index >= 15 is 0 Å². The van der Waals surface area contributed by atoms with E-state index in [1.807, 2.05) is 6.07 Å². The number of H-pyrrole nitrogens is 1. The molecule has 3 rings (SSSR count). The highest BCUT2D eigenvalue weighted by Gasteiger charge is 2.34. The van der Waals surface area contributed by atoms with Crippen LogP contribution in [0.15, 0.2) is 30.6 Å². The van der Waals surface area contributed by atoms with Crippen LogP contribution in [0.1, 0.15) is 29.0 Å². The number of aromatic nitrogens is 3. The number of hydrogen-bond donors (Lipinski definition) is 1. The first-order chi connectivity index (χ1) is 9.24. The van der Waals surface area contributed by atoms with Crippen molar-refractivity contribution in [3.05, 3.63) is 47.8 Å². The molecular formula is C13H13FN4O. The van der Waals surface area contributed by atoms with E-state index in [2.05, 4.69) is 15.2 Å². The summed E-state index contributed by atoms with van der Waals surface area (Å²) in [5.41, 5.74) is 0.778. The van der Waals surface area contributed by atoms with Crippen LogP contribution < -0.4 is 0 Å². The number of rotatable bonds is 4. The van der Waals surface area contributed by atoms with Crippen molar-refractivity contribution in [3.8, 4) is 0 Å². The van der Waals surface area contributed by atoms with E-state index in [0.717, 1.165) is 18.4 Å². The highest BCUT2D eigenvalue weighted by molar-refractivity contribution is 5.90. The number of halogens is 1. The lowest BCUT2D eigenvalue weighted by molar-refractivity contribution is 0.0717. The molecule has 5 nitrogen and oxygen atoms in total. The average Bonchev–Trinajstić information content (AvgIpc) is 3.09. The zero-order valence-corrected chi connectivity index (χ0v) is 10.2. The van der Waals surface area contributed by atoms with Gasteiger partial charge in [-0.05, 0) is 30.5 Å². The van der Waals surface area contributed by atoms with Gasteiger partial charge in [0.2, 0.25) is 5.82 Å². The van der Waals surface area contributed by atoms with E-state index in [4.69, 9.17) is 0 Å². The van der Waals surface area contributed by atoms with Crippen LogP contribution in [0.5, 0.6) is 0 Å². The summed E-state index contributed by atoms with van der Waals surface area (Å²) >= 11 is 0. The first-order valence-electron chi connectivity index (χ1n) is 6.15. The number of nitrogens with zero attached hydrogens (tertiary/aromatic N) is 3. The van der Waals surface area contributed by atoms with Gasteiger partial charge in [0, 0.05) is 12.6 Å². The molecule has 2 aromatic rings. The highest BCUT2D eigenvalue weighted by Crippen LogP contribution is 2.29. The number of benzene rings is 1. The molecule has 1 saturated carbocycles. The Hall–Kier alpha value is -2.24. The Labute approximate surface area is 109 Å². The molecule has 0 bridgehead atoms. The average molecular weight is 260 g/mol. The van der Waals surface area contributed by atoms with Crippen LogP contribution in [-0.2, 0) is 6.54 Å². The molecule has 1 aromatic carbocycles. The van der Waals surface area contributed by atoms with Gasteiger partial charge in [0.1, 0.15) is 12.1 Å². The van der Waals surface area contributed by atoms with Crippen LogP contribution >= 0.6 is 0 Å². The molecule has 1 fully saturated rings. The van der Waals surface area contributed by atoms with Gasteiger partial charge in [0.05, 0.1) is 0 Å². The molecule has 0 aliphatic heterocycles. The first kappa shape index (κ1) is 11.8. The topological polar surface area (TPSA) is 61.9 Å². The molecule has 0 atom stereocenters. The fourth-order valence-electron chi connectivity index (χ4n) is 2.03. The van der Waals surface area contributed by atoms with Crippen LogP contribution in [0.4, 0.5) is 4.39 Å². The van der Waals surface area contributed by atoms with Crippen molar-refractivity contribution in [3.63, 3.8) is 0 Å². The molecule has 1 aromatic heterocycles. The standard InChI is InChI=1S/C13H13FN4O/c14-10-3-1-2-9(6-10)7-18(11-4-5-11)13(19)12-15-8-16-17-12/h1-3,6,8,11H,4-5,7H2,(H,15,16,17). The minimum Gasteiger partial charge on any atom is -0.329 e. The van der Waals surface area contributed by atoms with Gasteiger partial charge in [0.25, 0.3) is 5.91 Å². The third-order valence-corrected chi connectivity index (χ3v) is 3.11. The molecule has 0 spiro atoms. The Morgan fingerprint density at radius 1 is 1.47 bits per heavy atom. The summed E-state index contributed by atoms with van der Waals surface area (Å²) in [5.74, 6) is -0.257. The summed E-state index contributed by atoms with van der Waals surface area (Å²) in [7, 11) is 0. The normalized spacial score (nSPS) is 14.4. The predicted molar refractivity (Wildman–Crippen MR) is 65.7 cm³/mol. The number of aromatic amines is 1. The number of carbonyl (C=O) groups excluding carboxylic acids is 1. The molecule has 6 heteroatoms. The maximum atomic E-state index is 13.2. The second-order valence-corrected chi connectivity index (χ2v) is 4.63. The number of carbonyl (C=O) groups is 1. The largest absolute Gasteiger partial charge is 0.329 e. The van der Waals surface area contributed by atoms with Crippen molar-refractivity contribution in [2.75, 3.05) is 0 Å². The van der Waals surface area contributed by atoms with Gasteiger partial charge in [-0.15, -0.1) is 0 Å². The summed E-state index contributed by atoms with van der Waals surface area (Å²) < 4.78 is 13.2. The second-order valence-electron chi connectivity index (χ2n) is 4.63. The summed E-state index contributed by atoms with van der Waals surface area (Å²) in [6.07, 6.45) is 3.27. The maximum absolute atomic E-state index is 13.2. The van der Waals surface area contributed by atoms with Gasteiger partial charge in [-0.3, -0.25) is 9.89 Å². The Morgan fingerprint density at radius 2 is 2.32 bits per heavy atom. The molecule has 98 valence electrons. The Kier molecular flexibility index (Phi) is 2.98. The molecular weight excluding hydrogens is 247 g/mol. The molecule has 0 unspecified atom stereocenters. The third-order valence-electron chi connectivity index (χ3n) is 3.11. The maximum Gasteiger partial charge on any atom is 0.291 e. The van der Waals surface area contributed by atoms with E-state index in [1.165, 1.54) is 18.5 Å². The summed E-state index contributed by atoms with van der Waals surface area (Å²) in [6.45, 7) is 0.391. The lowest BCUT2D eigenvalue weighted by Crippen LogP contribution is -2.33. The van der Waals surface area contributed by atoms with Crippen molar-refractivity contribution in [2.24, 2.45) is 0 Å². The fraction of sp³-hybridized carbons (Fsp3) is 0.308. The third kappa shape index (κ3) is 2.62. The second kappa shape index (κ2) is 4.79. The lowest BCUT2D eigenvalue weighted by Gasteiger charge is -2.21. The van der Waals surface area contributed by atoms with Crippen LogP contribution in [0, 0.1) is 5.82 Å².